The summed E-state index contributed by atoms with van der Waals surface area (Å²) in [7, 11) is 0. The average Bonchev–Trinajstić information content (AvgIpc) is 2.75. The van der Waals surface area contributed by atoms with E-state index in [1.165, 1.54) is 16.2 Å². The first-order valence-electron chi connectivity index (χ1n) is 4.85. The van der Waals surface area contributed by atoms with Crippen LogP contribution in [0, 0.1) is 6.07 Å². The molecule has 2 rings (SSSR count). The minimum absolute atomic E-state index is 0.362. The molecule has 16 heavy (non-hydrogen) atoms. The lowest BCUT2D eigenvalue weighted by molar-refractivity contribution is 0.179. The maximum absolute atomic E-state index is 11.9. The number of nitrogens with one attached hydrogen (secondary N) is 2. The summed E-state index contributed by atoms with van der Waals surface area (Å²) in [4.78, 5) is 24.6. The van der Waals surface area contributed by atoms with Gasteiger partial charge in [-0.3, -0.25) is 5.32 Å². The molecule has 0 aromatic carbocycles. The molecule has 2 heterocycles. The Morgan fingerprint density at radius 2 is 2.44 bits per heavy atom. The molecule has 1 saturated heterocycles. The van der Waals surface area contributed by atoms with Gasteiger partial charge in [0.1, 0.15) is 5.00 Å². The Morgan fingerprint density at radius 3 is 2.94 bits per heavy atom. The van der Waals surface area contributed by atoms with Crippen molar-refractivity contribution in [2.45, 2.75) is 19.4 Å². The van der Waals surface area contributed by atoms with E-state index in [0.29, 0.717) is 11.5 Å². The maximum atomic E-state index is 11.9. The Kier molecular flexibility index (Phi) is 2.59. The van der Waals surface area contributed by atoms with Crippen molar-refractivity contribution in [1.82, 2.24) is 10.2 Å². The highest BCUT2D eigenvalue weighted by atomic mass is 32.1. The number of hydrogen-bond donors (Lipinski definition) is 2. The SMILES string of the molecule is CC1(C)CNC(=O)N1C(=O)Nc1[c]ccs1. The first-order chi connectivity index (χ1) is 7.50. The molecule has 1 aliphatic heterocycles. The summed E-state index contributed by atoms with van der Waals surface area (Å²) < 4.78 is 0. The molecule has 0 aliphatic carbocycles. The smallest absolute Gasteiger partial charge is 0.331 e. The maximum Gasteiger partial charge on any atom is 0.331 e. The second-order valence-electron chi connectivity index (χ2n) is 4.13. The molecule has 0 spiro atoms. The Bertz CT molecular complexity index is 414. The van der Waals surface area contributed by atoms with Crippen molar-refractivity contribution >= 4 is 28.4 Å². The zero-order chi connectivity index (χ0) is 11.8. The molecule has 4 amide bonds. The van der Waals surface area contributed by atoms with Crippen molar-refractivity contribution < 1.29 is 9.59 Å². The molecule has 85 valence electrons. The van der Waals surface area contributed by atoms with Gasteiger partial charge < -0.3 is 5.32 Å². The predicted molar refractivity (Wildman–Crippen MR) is 61.5 cm³/mol. The van der Waals surface area contributed by atoms with Crippen molar-refractivity contribution in [3.05, 3.63) is 17.5 Å². The van der Waals surface area contributed by atoms with Crippen LogP contribution in [0.4, 0.5) is 14.6 Å². The number of hydrogen-bond acceptors (Lipinski definition) is 3. The van der Waals surface area contributed by atoms with Gasteiger partial charge in [0.15, 0.2) is 0 Å². The van der Waals surface area contributed by atoms with Crippen LogP contribution in [0.15, 0.2) is 11.4 Å². The van der Waals surface area contributed by atoms with E-state index < -0.39 is 11.6 Å². The van der Waals surface area contributed by atoms with Gasteiger partial charge in [0.25, 0.3) is 0 Å². The Morgan fingerprint density at radius 1 is 1.69 bits per heavy atom. The largest absolute Gasteiger partial charge is 0.335 e. The number of carbonyl (C=O) groups is 2. The van der Waals surface area contributed by atoms with E-state index in [4.69, 9.17) is 0 Å². The molecule has 0 atom stereocenters. The third-order valence-electron chi connectivity index (χ3n) is 2.37. The lowest BCUT2D eigenvalue weighted by atomic mass is 10.1. The third kappa shape index (κ3) is 1.88. The van der Waals surface area contributed by atoms with E-state index in [2.05, 4.69) is 16.7 Å². The summed E-state index contributed by atoms with van der Waals surface area (Å²) in [6.07, 6.45) is 0. The van der Waals surface area contributed by atoms with Crippen LogP contribution in [0.1, 0.15) is 13.8 Å². The number of rotatable bonds is 1. The van der Waals surface area contributed by atoms with Gasteiger partial charge in [-0.05, 0) is 25.3 Å². The molecular weight excluding hydrogens is 226 g/mol. The number of amides is 4. The van der Waals surface area contributed by atoms with Crippen LogP contribution in [0.25, 0.3) is 0 Å². The quantitative estimate of drug-likeness (QED) is 0.784. The molecule has 5 nitrogen and oxygen atoms in total. The van der Waals surface area contributed by atoms with Gasteiger partial charge in [0.05, 0.1) is 5.54 Å². The van der Waals surface area contributed by atoms with Crippen LogP contribution < -0.4 is 10.6 Å². The fourth-order valence-electron chi connectivity index (χ4n) is 1.56. The minimum atomic E-state index is -0.502. The summed E-state index contributed by atoms with van der Waals surface area (Å²) in [5, 5.41) is 7.70. The van der Waals surface area contributed by atoms with E-state index in [9.17, 15) is 9.59 Å². The molecule has 6 heteroatoms. The molecule has 1 aliphatic rings. The number of urea groups is 2. The van der Waals surface area contributed by atoms with Gasteiger partial charge >= 0.3 is 12.1 Å². The molecule has 0 unspecified atom stereocenters. The first-order valence-corrected chi connectivity index (χ1v) is 5.73. The van der Waals surface area contributed by atoms with Crippen LogP contribution in [-0.2, 0) is 0 Å². The highest BCUT2D eigenvalue weighted by molar-refractivity contribution is 7.14. The van der Waals surface area contributed by atoms with Crippen molar-refractivity contribution in [2.24, 2.45) is 0 Å². The monoisotopic (exact) mass is 238 g/mol. The van der Waals surface area contributed by atoms with Gasteiger partial charge in [-0.25, -0.2) is 14.5 Å². The van der Waals surface area contributed by atoms with Gasteiger partial charge in [-0.2, -0.15) is 0 Å². The van der Waals surface area contributed by atoms with Crippen molar-refractivity contribution in [3.63, 3.8) is 0 Å². The molecule has 2 N–H and O–H groups in total. The second kappa shape index (κ2) is 3.79. The molecule has 0 bridgehead atoms. The number of carbonyl (C=O) groups excluding carboxylic acids is 2. The Balaban J connectivity index is 2.12. The molecule has 1 aromatic rings. The normalized spacial score (nSPS) is 18.4. The standard InChI is InChI=1S/C10H12N3O2S/c1-10(2)6-11-8(14)13(10)9(15)12-7-4-3-5-16-7/h3,5H,6H2,1-2H3,(H,11,14)(H,12,15). The van der Waals surface area contributed by atoms with E-state index in [-0.39, 0.29) is 6.03 Å². The number of imide groups is 1. The first kappa shape index (κ1) is 10.9. The summed E-state index contributed by atoms with van der Waals surface area (Å²) in [6.45, 7) is 4.14. The van der Waals surface area contributed by atoms with E-state index in [1.807, 2.05) is 19.2 Å². The van der Waals surface area contributed by atoms with Crippen molar-refractivity contribution in [2.75, 3.05) is 11.9 Å². The summed E-state index contributed by atoms with van der Waals surface area (Å²) >= 11 is 1.37. The molecule has 1 aromatic heterocycles. The number of anilines is 1. The van der Waals surface area contributed by atoms with E-state index in [1.54, 1.807) is 6.07 Å². The molecule has 0 saturated carbocycles. The molecule has 1 fully saturated rings. The van der Waals surface area contributed by atoms with Gasteiger partial charge in [-0.1, -0.05) is 0 Å². The van der Waals surface area contributed by atoms with Crippen LogP contribution in [0.5, 0.6) is 0 Å². The molecular formula is C10H12N3O2S. The van der Waals surface area contributed by atoms with Crippen molar-refractivity contribution in [3.8, 4) is 0 Å². The lowest BCUT2D eigenvalue weighted by Crippen LogP contribution is -2.48. The summed E-state index contributed by atoms with van der Waals surface area (Å²) in [5.74, 6) is 0. The van der Waals surface area contributed by atoms with Crippen LogP contribution in [-0.4, -0.2) is 29.0 Å². The Labute approximate surface area is 97.4 Å². The molecule has 1 radical (unpaired) electrons. The lowest BCUT2D eigenvalue weighted by Gasteiger charge is -2.27. The fraction of sp³-hybridized carbons (Fsp3) is 0.400. The number of nitrogens with zero attached hydrogens (tertiary/aromatic N) is 1. The third-order valence-corrected chi connectivity index (χ3v) is 3.10. The zero-order valence-corrected chi connectivity index (χ0v) is 9.85. The minimum Gasteiger partial charge on any atom is -0.335 e. The van der Waals surface area contributed by atoms with Gasteiger partial charge in [0, 0.05) is 12.6 Å². The van der Waals surface area contributed by atoms with E-state index >= 15 is 0 Å². The number of thiophene rings is 1. The van der Waals surface area contributed by atoms with Gasteiger partial charge in [-0.15, -0.1) is 11.3 Å². The highest BCUT2D eigenvalue weighted by Crippen LogP contribution is 2.22. The zero-order valence-electron chi connectivity index (χ0n) is 9.03. The van der Waals surface area contributed by atoms with Crippen molar-refractivity contribution in [1.29, 1.82) is 0 Å². The fourth-order valence-corrected chi connectivity index (χ4v) is 2.11. The van der Waals surface area contributed by atoms with E-state index in [0.717, 1.165) is 0 Å². The van der Waals surface area contributed by atoms with Crippen LogP contribution >= 0.6 is 11.3 Å². The summed E-state index contributed by atoms with van der Waals surface area (Å²) in [6, 6.07) is 3.80. The second-order valence-corrected chi connectivity index (χ2v) is 5.05. The van der Waals surface area contributed by atoms with Gasteiger partial charge in [0.2, 0.25) is 0 Å². The van der Waals surface area contributed by atoms with Crippen LogP contribution in [0.3, 0.4) is 0 Å². The topological polar surface area (TPSA) is 61.4 Å². The average molecular weight is 238 g/mol. The summed E-state index contributed by atoms with van der Waals surface area (Å²) in [5.41, 5.74) is -0.502. The Hall–Kier alpha value is -1.56. The highest BCUT2D eigenvalue weighted by Gasteiger charge is 2.42. The van der Waals surface area contributed by atoms with Crippen LogP contribution in [0.2, 0.25) is 0 Å². The predicted octanol–water partition coefficient (Wildman–Crippen LogP) is 1.88.